The van der Waals surface area contributed by atoms with E-state index >= 15 is 4.39 Å². The van der Waals surface area contributed by atoms with Crippen molar-refractivity contribution in [2.75, 3.05) is 19.8 Å². The lowest BCUT2D eigenvalue weighted by Crippen LogP contribution is -2.72. The lowest BCUT2D eigenvalue weighted by molar-refractivity contribution is -0.246. The summed E-state index contributed by atoms with van der Waals surface area (Å²) in [5, 5.41) is 29.1. The van der Waals surface area contributed by atoms with Gasteiger partial charge in [-0.25, -0.2) is 4.39 Å². The van der Waals surface area contributed by atoms with Crippen molar-refractivity contribution in [3.63, 3.8) is 0 Å². The van der Waals surface area contributed by atoms with E-state index in [9.17, 15) is 23.4 Å². The Morgan fingerprint density at radius 3 is 2.43 bits per heavy atom. The summed E-state index contributed by atoms with van der Waals surface area (Å²) in [6.45, 7) is 1.98. The van der Waals surface area contributed by atoms with Gasteiger partial charge in [-0.1, -0.05) is 12.1 Å². The Labute approximate surface area is 200 Å². The third kappa shape index (κ3) is 4.17. The monoisotopic (exact) mass is 504 g/mol. The number of rotatable bonds is 10. The zero-order chi connectivity index (χ0) is 25.7. The smallest absolute Gasteiger partial charge is 0.411 e. The number of nitrogens with one attached hydrogen (secondary N) is 1. The summed E-state index contributed by atoms with van der Waals surface area (Å²) in [5.74, 6) is 0.0548. The number of hydrogen-bond acceptors (Lipinski definition) is 8. The molecule has 1 aliphatic heterocycles. The standard InChI is InChI=1S/C23H32F4N4O4/c1-4-16-17(33)22(34-13-23(25,26)27,20(12-32,10-28-16)21(24)8-5-9-21)11-29-19(3,15-6-7-15)18-30-14(2)35-31-18/h10,15,29,32-33H,4-9,11-13H2,1-3H3/t19?,20?,22-/m1/s1. The Bertz CT molecular complexity index is 1000. The summed E-state index contributed by atoms with van der Waals surface area (Å²) in [7, 11) is 0. The molecule has 35 heavy (non-hydrogen) atoms. The van der Waals surface area contributed by atoms with Gasteiger partial charge in [0.1, 0.15) is 23.4 Å². The van der Waals surface area contributed by atoms with Crippen molar-refractivity contribution in [1.29, 1.82) is 0 Å². The molecule has 0 saturated heterocycles. The number of aliphatic imine (C=N–C) groups is 1. The van der Waals surface area contributed by atoms with Crippen LogP contribution < -0.4 is 5.32 Å². The van der Waals surface area contributed by atoms with Crippen LogP contribution in [0.3, 0.4) is 0 Å². The van der Waals surface area contributed by atoms with Crippen molar-refractivity contribution in [2.24, 2.45) is 16.3 Å². The number of aliphatic hydroxyl groups is 2. The highest BCUT2D eigenvalue weighted by molar-refractivity contribution is 5.75. The van der Waals surface area contributed by atoms with E-state index in [1.54, 1.807) is 20.8 Å². The quantitative estimate of drug-likeness (QED) is 0.412. The molecule has 2 saturated carbocycles. The van der Waals surface area contributed by atoms with Crippen LogP contribution in [0, 0.1) is 18.3 Å². The number of halogens is 4. The molecule has 3 aliphatic rings. The molecule has 8 nitrogen and oxygen atoms in total. The van der Waals surface area contributed by atoms with Crippen LogP contribution in [0.2, 0.25) is 0 Å². The maximum Gasteiger partial charge on any atom is 0.411 e. The van der Waals surface area contributed by atoms with Gasteiger partial charge in [0.15, 0.2) is 11.4 Å². The molecule has 2 heterocycles. The van der Waals surface area contributed by atoms with Gasteiger partial charge in [0, 0.05) is 19.7 Å². The Balaban J connectivity index is 1.82. The van der Waals surface area contributed by atoms with Gasteiger partial charge in [0.05, 0.1) is 17.8 Å². The number of ether oxygens (including phenoxy) is 1. The average Bonchev–Trinajstić information content (AvgIpc) is 3.56. The first kappa shape index (κ1) is 26.0. The number of aryl methyl sites for hydroxylation is 1. The number of nitrogens with zero attached hydrogens (tertiary/aromatic N) is 3. The van der Waals surface area contributed by atoms with Crippen molar-refractivity contribution in [3.8, 4) is 0 Å². The topological polar surface area (TPSA) is 113 Å². The highest BCUT2D eigenvalue weighted by atomic mass is 19.4. The van der Waals surface area contributed by atoms with Crippen molar-refractivity contribution < 1.29 is 37.0 Å². The predicted octanol–water partition coefficient (Wildman–Crippen LogP) is 4.05. The molecule has 0 aromatic carbocycles. The minimum atomic E-state index is -4.76. The van der Waals surface area contributed by atoms with Crippen LogP contribution >= 0.6 is 0 Å². The second kappa shape index (κ2) is 8.81. The Morgan fingerprint density at radius 2 is 1.97 bits per heavy atom. The second-order valence-corrected chi connectivity index (χ2v) is 10.1. The summed E-state index contributed by atoms with van der Waals surface area (Å²) in [6, 6.07) is 0. The number of alkyl halides is 4. The molecule has 0 amide bonds. The Morgan fingerprint density at radius 1 is 1.29 bits per heavy atom. The van der Waals surface area contributed by atoms with Crippen molar-refractivity contribution in [3.05, 3.63) is 23.2 Å². The van der Waals surface area contributed by atoms with E-state index < -0.39 is 53.9 Å². The normalized spacial score (nSPS) is 30.3. The zero-order valence-electron chi connectivity index (χ0n) is 20.1. The molecule has 2 aliphatic carbocycles. The van der Waals surface area contributed by atoms with Crippen LogP contribution in [0.4, 0.5) is 17.6 Å². The maximum atomic E-state index is 16.3. The van der Waals surface area contributed by atoms with Gasteiger partial charge in [-0.15, -0.1) is 0 Å². The molecule has 4 rings (SSSR count). The van der Waals surface area contributed by atoms with E-state index in [0.717, 1.165) is 19.1 Å². The Hall–Kier alpha value is -2.05. The fourth-order valence-corrected chi connectivity index (χ4v) is 5.36. The van der Waals surface area contributed by atoms with Crippen LogP contribution in [0.15, 0.2) is 21.0 Å². The van der Waals surface area contributed by atoms with E-state index in [4.69, 9.17) is 9.26 Å². The van der Waals surface area contributed by atoms with Gasteiger partial charge in [0.25, 0.3) is 0 Å². The van der Waals surface area contributed by atoms with Crippen molar-refractivity contribution >= 4 is 6.21 Å². The summed E-state index contributed by atoms with van der Waals surface area (Å²) >= 11 is 0. The fourth-order valence-electron chi connectivity index (χ4n) is 5.36. The fraction of sp³-hybridized carbons (Fsp3) is 0.783. The highest BCUT2D eigenvalue weighted by Crippen LogP contribution is 2.58. The largest absolute Gasteiger partial charge is 0.507 e. The molecule has 2 fully saturated rings. The van der Waals surface area contributed by atoms with Gasteiger partial charge in [-0.2, -0.15) is 18.2 Å². The Kier molecular flexibility index (Phi) is 6.55. The van der Waals surface area contributed by atoms with Crippen LogP contribution in [0.25, 0.3) is 0 Å². The van der Waals surface area contributed by atoms with Crippen LogP contribution in [-0.2, 0) is 10.3 Å². The molecular weight excluding hydrogens is 472 g/mol. The molecule has 0 radical (unpaired) electrons. The van der Waals surface area contributed by atoms with E-state index in [1.165, 1.54) is 0 Å². The van der Waals surface area contributed by atoms with Crippen LogP contribution in [-0.4, -0.2) is 63.8 Å². The minimum absolute atomic E-state index is 0.00459. The van der Waals surface area contributed by atoms with Crippen molar-refractivity contribution in [1.82, 2.24) is 15.5 Å². The van der Waals surface area contributed by atoms with Gasteiger partial charge < -0.3 is 24.8 Å². The van der Waals surface area contributed by atoms with Gasteiger partial charge in [-0.05, 0) is 51.4 Å². The van der Waals surface area contributed by atoms with Crippen LogP contribution in [0.1, 0.15) is 64.1 Å². The summed E-state index contributed by atoms with van der Waals surface area (Å²) < 4.78 is 67.2. The molecule has 3 N–H and O–H groups in total. The van der Waals surface area contributed by atoms with Crippen molar-refractivity contribution in [2.45, 2.75) is 82.3 Å². The van der Waals surface area contributed by atoms with Gasteiger partial charge >= 0.3 is 6.18 Å². The van der Waals surface area contributed by atoms with Gasteiger partial charge in [-0.3, -0.25) is 4.99 Å². The van der Waals surface area contributed by atoms with E-state index in [1.807, 2.05) is 0 Å². The first-order valence-electron chi connectivity index (χ1n) is 11.9. The highest BCUT2D eigenvalue weighted by Gasteiger charge is 2.70. The minimum Gasteiger partial charge on any atom is -0.507 e. The van der Waals surface area contributed by atoms with E-state index in [2.05, 4.69) is 20.4 Å². The average molecular weight is 505 g/mol. The first-order chi connectivity index (χ1) is 16.4. The van der Waals surface area contributed by atoms with Crippen LogP contribution in [0.5, 0.6) is 0 Å². The molecule has 0 bridgehead atoms. The number of hydrogen-bond donors (Lipinski definition) is 3. The lowest BCUT2D eigenvalue weighted by Gasteiger charge is -2.58. The molecule has 0 spiro atoms. The number of allylic oxidation sites excluding steroid dienone is 1. The van der Waals surface area contributed by atoms with Gasteiger partial charge in [0.2, 0.25) is 5.89 Å². The summed E-state index contributed by atoms with van der Waals surface area (Å²) in [5.41, 5.74) is -7.32. The maximum absolute atomic E-state index is 16.3. The first-order valence-corrected chi connectivity index (χ1v) is 11.9. The number of aliphatic hydroxyl groups excluding tert-OH is 2. The molecular formula is C23H32F4N4O4. The molecule has 2 unspecified atom stereocenters. The van der Waals surface area contributed by atoms with E-state index in [0.29, 0.717) is 18.1 Å². The lowest BCUT2D eigenvalue weighted by atomic mass is 9.54. The molecule has 12 heteroatoms. The number of aromatic nitrogens is 2. The summed E-state index contributed by atoms with van der Waals surface area (Å²) in [4.78, 5) is 8.48. The third-order valence-corrected chi connectivity index (χ3v) is 7.92. The molecule has 196 valence electrons. The third-order valence-electron chi connectivity index (χ3n) is 7.92. The SMILES string of the molecule is CCC1=C(O)[C@@](CNC(C)(c2noc(C)n2)C2CC2)(OCC(F)(F)F)C(CO)(C2(F)CCC2)C=N1. The zero-order valence-corrected chi connectivity index (χ0v) is 20.1. The summed E-state index contributed by atoms with van der Waals surface area (Å²) in [6.07, 6.45) is -1.33. The second-order valence-electron chi connectivity index (χ2n) is 10.1. The van der Waals surface area contributed by atoms with E-state index in [-0.39, 0.29) is 30.9 Å². The molecule has 1 aromatic rings. The molecule has 1 aromatic heterocycles. The molecule has 3 atom stereocenters. The predicted molar refractivity (Wildman–Crippen MR) is 117 cm³/mol.